The standard InChI is InChI=1S/C10H11F2NO2/c11-7-1-6(2-8(12)4-7)3-9(13)5-10(14)15/h1-2,4,9H,3,5,13H2,(H,14,15)/t9-/m0/s1. The molecule has 3 nitrogen and oxygen atoms in total. The van der Waals surface area contributed by atoms with E-state index in [9.17, 15) is 13.6 Å². The Bertz CT molecular complexity index is 348. The van der Waals surface area contributed by atoms with E-state index in [1.807, 2.05) is 0 Å². The summed E-state index contributed by atoms with van der Waals surface area (Å²) in [5, 5.41) is 8.44. The van der Waals surface area contributed by atoms with Crippen LogP contribution in [-0.4, -0.2) is 17.1 Å². The maximum Gasteiger partial charge on any atom is 0.304 e. The molecular weight excluding hydrogens is 204 g/mol. The van der Waals surface area contributed by atoms with Crippen LogP contribution in [0.25, 0.3) is 0 Å². The number of nitrogens with two attached hydrogens (primary N) is 1. The van der Waals surface area contributed by atoms with E-state index in [1.165, 1.54) is 0 Å². The molecule has 0 aliphatic carbocycles. The fraction of sp³-hybridized carbons (Fsp3) is 0.300. The topological polar surface area (TPSA) is 63.3 Å². The third-order valence-electron chi connectivity index (χ3n) is 1.86. The first-order valence-corrected chi connectivity index (χ1v) is 4.39. The van der Waals surface area contributed by atoms with Crippen LogP contribution in [0.15, 0.2) is 18.2 Å². The predicted molar refractivity (Wildman–Crippen MR) is 50.3 cm³/mol. The van der Waals surface area contributed by atoms with Gasteiger partial charge in [-0.25, -0.2) is 8.78 Å². The molecule has 0 amide bonds. The maximum absolute atomic E-state index is 12.7. The van der Waals surface area contributed by atoms with Gasteiger partial charge in [0.05, 0.1) is 6.42 Å². The second-order valence-electron chi connectivity index (χ2n) is 3.34. The van der Waals surface area contributed by atoms with Gasteiger partial charge in [-0.15, -0.1) is 0 Å². The highest BCUT2D eigenvalue weighted by molar-refractivity contribution is 5.67. The zero-order chi connectivity index (χ0) is 11.4. The van der Waals surface area contributed by atoms with E-state index < -0.39 is 23.6 Å². The quantitative estimate of drug-likeness (QED) is 0.795. The van der Waals surface area contributed by atoms with Crippen molar-refractivity contribution in [1.29, 1.82) is 0 Å². The van der Waals surface area contributed by atoms with E-state index in [0.717, 1.165) is 18.2 Å². The summed E-state index contributed by atoms with van der Waals surface area (Å²) in [6.07, 6.45) is -0.0842. The van der Waals surface area contributed by atoms with Gasteiger partial charge in [-0.3, -0.25) is 4.79 Å². The highest BCUT2D eigenvalue weighted by Crippen LogP contribution is 2.10. The Morgan fingerprint density at radius 2 is 1.87 bits per heavy atom. The molecule has 1 rings (SSSR count). The molecule has 0 aliphatic heterocycles. The van der Waals surface area contributed by atoms with Crippen LogP contribution in [0, 0.1) is 11.6 Å². The summed E-state index contributed by atoms with van der Waals surface area (Å²) in [6.45, 7) is 0. The van der Waals surface area contributed by atoms with Crippen molar-refractivity contribution in [2.75, 3.05) is 0 Å². The molecule has 1 aromatic rings. The molecule has 0 radical (unpaired) electrons. The fourth-order valence-corrected chi connectivity index (χ4v) is 1.33. The molecule has 0 saturated heterocycles. The van der Waals surface area contributed by atoms with Gasteiger partial charge >= 0.3 is 5.97 Å². The Labute approximate surface area is 85.5 Å². The normalized spacial score (nSPS) is 12.5. The van der Waals surface area contributed by atoms with Crippen molar-refractivity contribution in [3.63, 3.8) is 0 Å². The molecule has 0 fully saturated rings. The lowest BCUT2D eigenvalue weighted by molar-refractivity contribution is -0.137. The van der Waals surface area contributed by atoms with E-state index in [0.29, 0.717) is 5.56 Å². The summed E-state index contributed by atoms with van der Waals surface area (Å²) in [5.41, 5.74) is 5.84. The second-order valence-corrected chi connectivity index (χ2v) is 3.34. The van der Waals surface area contributed by atoms with Crippen molar-refractivity contribution in [1.82, 2.24) is 0 Å². The molecule has 0 aliphatic rings. The van der Waals surface area contributed by atoms with Gasteiger partial charge in [0.15, 0.2) is 0 Å². The summed E-state index contributed by atoms with van der Waals surface area (Å²) in [7, 11) is 0. The number of carboxylic acids is 1. The van der Waals surface area contributed by atoms with Crippen LogP contribution in [0.3, 0.4) is 0 Å². The largest absolute Gasteiger partial charge is 0.481 e. The summed E-state index contributed by atoms with van der Waals surface area (Å²) >= 11 is 0. The van der Waals surface area contributed by atoms with Crippen LogP contribution in [-0.2, 0) is 11.2 Å². The lowest BCUT2D eigenvalue weighted by Crippen LogP contribution is -2.26. The number of benzene rings is 1. The zero-order valence-corrected chi connectivity index (χ0v) is 7.91. The summed E-state index contributed by atoms with van der Waals surface area (Å²) in [6, 6.07) is 2.41. The van der Waals surface area contributed by atoms with Crippen molar-refractivity contribution >= 4 is 5.97 Å². The van der Waals surface area contributed by atoms with E-state index in [-0.39, 0.29) is 12.8 Å². The van der Waals surface area contributed by atoms with Crippen LogP contribution in [0.2, 0.25) is 0 Å². The number of carbonyl (C=O) groups is 1. The molecule has 0 heterocycles. The van der Waals surface area contributed by atoms with E-state index >= 15 is 0 Å². The fourth-order valence-electron chi connectivity index (χ4n) is 1.33. The second kappa shape index (κ2) is 4.84. The third kappa shape index (κ3) is 4.03. The number of halogens is 2. The van der Waals surface area contributed by atoms with Gasteiger partial charge in [0, 0.05) is 12.1 Å². The summed E-state index contributed by atoms with van der Waals surface area (Å²) in [5.74, 6) is -2.40. The van der Waals surface area contributed by atoms with Gasteiger partial charge in [0.1, 0.15) is 11.6 Å². The first-order chi connectivity index (χ1) is 6.97. The molecule has 1 atom stereocenters. The summed E-state index contributed by atoms with van der Waals surface area (Å²) in [4.78, 5) is 10.3. The minimum Gasteiger partial charge on any atom is -0.481 e. The van der Waals surface area contributed by atoms with Crippen LogP contribution < -0.4 is 5.73 Å². The Morgan fingerprint density at radius 1 is 1.33 bits per heavy atom. The Kier molecular flexibility index (Phi) is 3.74. The van der Waals surface area contributed by atoms with Crippen LogP contribution in [0.1, 0.15) is 12.0 Å². The maximum atomic E-state index is 12.7. The molecule has 0 saturated carbocycles. The molecule has 82 valence electrons. The average molecular weight is 215 g/mol. The molecular formula is C10H11F2NO2. The lowest BCUT2D eigenvalue weighted by Gasteiger charge is -2.08. The smallest absolute Gasteiger partial charge is 0.304 e. The van der Waals surface area contributed by atoms with Gasteiger partial charge in [-0.05, 0) is 24.1 Å². The Hall–Kier alpha value is -1.49. The third-order valence-corrected chi connectivity index (χ3v) is 1.86. The Balaban J connectivity index is 2.67. The van der Waals surface area contributed by atoms with E-state index in [1.54, 1.807) is 0 Å². The van der Waals surface area contributed by atoms with E-state index in [2.05, 4.69) is 0 Å². The molecule has 1 aromatic carbocycles. The molecule has 0 aromatic heterocycles. The molecule has 5 heteroatoms. The zero-order valence-electron chi connectivity index (χ0n) is 7.91. The first kappa shape index (κ1) is 11.6. The number of hydrogen-bond donors (Lipinski definition) is 2. The number of aliphatic carboxylic acids is 1. The van der Waals surface area contributed by atoms with Crippen molar-refractivity contribution in [2.24, 2.45) is 5.73 Å². The van der Waals surface area contributed by atoms with E-state index in [4.69, 9.17) is 10.8 Å². The molecule has 3 N–H and O–H groups in total. The number of hydrogen-bond acceptors (Lipinski definition) is 2. The summed E-state index contributed by atoms with van der Waals surface area (Å²) < 4.78 is 25.5. The van der Waals surface area contributed by atoms with Crippen molar-refractivity contribution in [2.45, 2.75) is 18.9 Å². The lowest BCUT2D eigenvalue weighted by atomic mass is 10.0. The molecule has 0 unspecified atom stereocenters. The number of rotatable bonds is 4. The minimum absolute atomic E-state index is 0.140. The van der Waals surface area contributed by atoms with Crippen molar-refractivity contribution in [3.8, 4) is 0 Å². The van der Waals surface area contributed by atoms with Gasteiger partial charge in [-0.1, -0.05) is 0 Å². The molecule has 0 bridgehead atoms. The first-order valence-electron chi connectivity index (χ1n) is 4.39. The highest BCUT2D eigenvalue weighted by Gasteiger charge is 2.10. The Morgan fingerprint density at radius 3 is 2.33 bits per heavy atom. The monoisotopic (exact) mass is 215 g/mol. The van der Waals surface area contributed by atoms with Gasteiger partial charge in [0.25, 0.3) is 0 Å². The molecule has 15 heavy (non-hydrogen) atoms. The minimum atomic E-state index is -1.03. The predicted octanol–water partition coefficient (Wildman–Crippen LogP) is 1.31. The van der Waals surface area contributed by atoms with Crippen molar-refractivity contribution in [3.05, 3.63) is 35.4 Å². The van der Waals surface area contributed by atoms with Crippen LogP contribution >= 0.6 is 0 Å². The van der Waals surface area contributed by atoms with Crippen LogP contribution in [0.5, 0.6) is 0 Å². The average Bonchev–Trinajstić information content (AvgIpc) is 1.98. The SMILES string of the molecule is N[C@H](CC(=O)O)Cc1cc(F)cc(F)c1. The van der Waals surface area contributed by atoms with Crippen LogP contribution in [0.4, 0.5) is 8.78 Å². The number of carboxylic acid groups (broad SMARTS) is 1. The molecule has 0 spiro atoms. The highest BCUT2D eigenvalue weighted by atomic mass is 19.1. The van der Waals surface area contributed by atoms with Gasteiger partial charge in [0.2, 0.25) is 0 Å². The van der Waals surface area contributed by atoms with Gasteiger partial charge in [-0.2, -0.15) is 0 Å². The van der Waals surface area contributed by atoms with Gasteiger partial charge < -0.3 is 10.8 Å². The van der Waals surface area contributed by atoms with Crippen molar-refractivity contribution < 1.29 is 18.7 Å².